The van der Waals surface area contributed by atoms with E-state index in [1.165, 1.54) is 10.9 Å². The number of esters is 1. The molecule has 0 fully saturated rings. The topological polar surface area (TPSA) is 94.3 Å². The van der Waals surface area contributed by atoms with Gasteiger partial charge in [0.1, 0.15) is 0 Å². The minimum absolute atomic E-state index is 0.142. The van der Waals surface area contributed by atoms with Crippen molar-refractivity contribution in [2.45, 2.75) is 13.3 Å². The number of carbonyl (C=O) groups excluding carboxylic acids is 1. The second-order valence-electron chi connectivity index (χ2n) is 4.04. The molecule has 0 amide bonds. The van der Waals surface area contributed by atoms with Crippen molar-refractivity contribution >= 4 is 11.9 Å². The molecule has 1 N–H and O–H groups in total. The predicted octanol–water partition coefficient (Wildman–Crippen LogP) is 1.53. The molecular weight excluding hydrogens is 262 g/mol. The van der Waals surface area contributed by atoms with Crippen LogP contribution < -0.4 is 0 Å². The molecule has 20 heavy (non-hydrogen) atoms. The summed E-state index contributed by atoms with van der Waals surface area (Å²) in [6.07, 6.45) is 2.06. The number of aromatic carboxylic acids is 1. The number of carboxylic acid groups (broad SMARTS) is 1. The fourth-order valence-electron chi connectivity index (χ4n) is 1.52. The van der Waals surface area contributed by atoms with Crippen LogP contribution in [0.3, 0.4) is 0 Å². The van der Waals surface area contributed by atoms with Crippen LogP contribution in [-0.2, 0) is 4.74 Å². The number of hydrogen-bond donors (Lipinski definition) is 1. The van der Waals surface area contributed by atoms with Gasteiger partial charge in [-0.2, -0.15) is 0 Å². The average Bonchev–Trinajstić information content (AvgIpc) is 2.95. The van der Waals surface area contributed by atoms with Gasteiger partial charge in [0.2, 0.25) is 0 Å². The van der Waals surface area contributed by atoms with E-state index < -0.39 is 5.97 Å². The summed E-state index contributed by atoms with van der Waals surface area (Å²) in [5.74, 6) is -1.53. The van der Waals surface area contributed by atoms with E-state index in [9.17, 15) is 9.59 Å². The summed E-state index contributed by atoms with van der Waals surface area (Å²) in [6.45, 7) is 2.30. The lowest BCUT2D eigenvalue weighted by Crippen LogP contribution is -2.06. The summed E-state index contributed by atoms with van der Waals surface area (Å²) < 4.78 is 6.33. The fourth-order valence-corrected chi connectivity index (χ4v) is 1.52. The Labute approximate surface area is 114 Å². The van der Waals surface area contributed by atoms with Crippen molar-refractivity contribution in [3.8, 4) is 5.69 Å². The summed E-state index contributed by atoms with van der Waals surface area (Å²) >= 11 is 0. The number of carboxylic acids is 1. The summed E-state index contributed by atoms with van der Waals surface area (Å²) in [5.41, 5.74) is 0.897. The van der Waals surface area contributed by atoms with Crippen LogP contribution in [0, 0.1) is 0 Å². The lowest BCUT2D eigenvalue weighted by molar-refractivity contribution is 0.0504. The monoisotopic (exact) mass is 275 g/mol. The first-order chi connectivity index (χ1) is 9.61. The molecule has 1 aromatic heterocycles. The van der Waals surface area contributed by atoms with Gasteiger partial charge in [-0.05, 0) is 30.7 Å². The van der Waals surface area contributed by atoms with E-state index >= 15 is 0 Å². The van der Waals surface area contributed by atoms with Gasteiger partial charge < -0.3 is 9.84 Å². The molecule has 7 heteroatoms. The lowest BCUT2D eigenvalue weighted by Gasteiger charge is -2.04. The zero-order chi connectivity index (χ0) is 14.5. The maximum absolute atomic E-state index is 11.6. The Morgan fingerprint density at radius 3 is 2.55 bits per heavy atom. The second-order valence-corrected chi connectivity index (χ2v) is 4.04. The van der Waals surface area contributed by atoms with Gasteiger partial charge in [0.25, 0.3) is 0 Å². The molecule has 0 atom stereocenters. The van der Waals surface area contributed by atoms with E-state index in [0.29, 0.717) is 17.9 Å². The van der Waals surface area contributed by atoms with Crippen LogP contribution in [0.25, 0.3) is 5.69 Å². The molecule has 0 aliphatic rings. The molecule has 0 saturated carbocycles. The standard InChI is InChI=1S/C13H13N3O4/c1-2-7-20-13(19)9-3-5-10(6-4-9)16-8-11(12(17)18)14-15-16/h3-6,8H,2,7H2,1H3,(H,17,18). The van der Waals surface area contributed by atoms with Crippen molar-refractivity contribution in [1.82, 2.24) is 15.0 Å². The number of hydrogen-bond acceptors (Lipinski definition) is 5. The number of ether oxygens (including phenoxy) is 1. The quantitative estimate of drug-likeness (QED) is 0.831. The number of rotatable bonds is 5. The Bertz CT molecular complexity index is 619. The fraction of sp³-hybridized carbons (Fsp3) is 0.231. The van der Waals surface area contributed by atoms with Crippen molar-refractivity contribution in [3.05, 3.63) is 41.7 Å². The predicted molar refractivity (Wildman–Crippen MR) is 68.9 cm³/mol. The molecule has 0 aliphatic heterocycles. The molecule has 0 aliphatic carbocycles. The van der Waals surface area contributed by atoms with Crippen molar-refractivity contribution in [3.63, 3.8) is 0 Å². The first-order valence-corrected chi connectivity index (χ1v) is 6.05. The van der Waals surface area contributed by atoms with Gasteiger partial charge in [0.05, 0.1) is 24.1 Å². The van der Waals surface area contributed by atoms with E-state index in [0.717, 1.165) is 6.42 Å². The minimum Gasteiger partial charge on any atom is -0.476 e. The zero-order valence-corrected chi connectivity index (χ0v) is 10.8. The molecule has 0 unspecified atom stereocenters. The first-order valence-electron chi connectivity index (χ1n) is 6.05. The van der Waals surface area contributed by atoms with Gasteiger partial charge in [-0.3, -0.25) is 0 Å². The Balaban J connectivity index is 2.14. The van der Waals surface area contributed by atoms with Crippen molar-refractivity contribution in [2.75, 3.05) is 6.61 Å². The smallest absolute Gasteiger partial charge is 0.358 e. The van der Waals surface area contributed by atoms with Gasteiger partial charge in [-0.15, -0.1) is 5.10 Å². The Kier molecular flexibility index (Phi) is 4.09. The molecule has 2 aromatic rings. The average molecular weight is 275 g/mol. The van der Waals surface area contributed by atoms with E-state index in [-0.39, 0.29) is 11.7 Å². The summed E-state index contributed by atoms with van der Waals surface area (Å²) in [5, 5.41) is 16.0. The van der Waals surface area contributed by atoms with E-state index in [4.69, 9.17) is 9.84 Å². The molecule has 1 heterocycles. The number of aromatic nitrogens is 3. The van der Waals surface area contributed by atoms with Crippen LogP contribution >= 0.6 is 0 Å². The normalized spacial score (nSPS) is 10.2. The van der Waals surface area contributed by atoms with Crippen molar-refractivity contribution in [1.29, 1.82) is 0 Å². The molecular formula is C13H13N3O4. The number of nitrogens with zero attached hydrogens (tertiary/aromatic N) is 3. The van der Waals surface area contributed by atoms with E-state index in [2.05, 4.69) is 10.3 Å². The van der Waals surface area contributed by atoms with Crippen LogP contribution in [0.4, 0.5) is 0 Å². The van der Waals surface area contributed by atoms with E-state index in [1.54, 1.807) is 24.3 Å². The molecule has 7 nitrogen and oxygen atoms in total. The Morgan fingerprint density at radius 2 is 2.00 bits per heavy atom. The summed E-state index contributed by atoms with van der Waals surface area (Å²) in [6, 6.07) is 6.47. The van der Waals surface area contributed by atoms with Gasteiger partial charge in [-0.25, -0.2) is 14.3 Å². The Morgan fingerprint density at radius 1 is 1.30 bits per heavy atom. The molecule has 0 radical (unpaired) electrons. The summed E-state index contributed by atoms with van der Waals surface area (Å²) in [4.78, 5) is 22.3. The molecule has 2 rings (SSSR count). The highest BCUT2D eigenvalue weighted by atomic mass is 16.5. The second kappa shape index (κ2) is 5.96. The molecule has 104 valence electrons. The van der Waals surface area contributed by atoms with Crippen LogP contribution in [0.2, 0.25) is 0 Å². The largest absolute Gasteiger partial charge is 0.476 e. The van der Waals surface area contributed by atoms with Crippen LogP contribution in [0.5, 0.6) is 0 Å². The zero-order valence-electron chi connectivity index (χ0n) is 10.8. The van der Waals surface area contributed by atoms with E-state index in [1.807, 2.05) is 6.92 Å². The van der Waals surface area contributed by atoms with Gasteiger partial charge in [-0.1, -0.05) is 12.1 Å². The third-order valence-electron chi connectivity index (χ3n) is 2.52. The highest BCUT2D eigenvalue weighted by Crippen LogP contribution is 2.10. The third-order valence-corrected chi connectivity index (χ3v) is 2.52. The maximum Gasteiger partial charge on any atom is 0.358 e. The van der Waals surface area contributed by atoms with Crippen molar-refractivity contribution < 1.29 is 19.4 Å². The highest BCUT2D eigenvalue weighted by Gasteiger charge is 2.10. The minimum atomic E-state index is -1.14. The lowest BCUT2D eigenvalue weighted by atomic mass is 10.2. The molecule has 0 bridgehead atoms. The van der Waals surface area contributed by atoms with Gasteiger partial charge in [0, 0.05) is 0 Å². The van der Waals surface area contributed by atoms with Crippen molar-refractivity contribution in [2.24, 2.45) is 0 Å². The van der Waals surface area contributed by atoms with Gasteiger partial charge >= 0.3 is 11.9 Å². The van der Waals surface area contributed by atoms with Crippen LogP contribution in [0.1, 0.15) is 34.2 Å². The Hall–Kier alpha value is -2.70. The van der Waals surface area contributed by atoms with Crippen LogP contribution in [-0.4, -0.2) is 38.6 Å². The third kappa shape index (κ3) is 3.00. The summed E-state index contributed by atoms with van der Waals surface area (Å²) in [7, 11) is 0. The molecule has 1 aromatic carbocycles. The van der Waals surface area contributed by atoms with Gasteiger partial charge in [0.15, 0.2) is 5.69 Å². The SMILES string of the molecule is CCCOC(=O)c1ccc(-n2cc(C(=O)O)nn2)cc1. The maximum atomic E-state index is 11.6. The molecule has 0 saturated heterocycles. The number of carbonyl (C=O) groups is 2. The molecule has 0 spiro atoms. The number of benzene rings is 1. The van der Waals surface area contributed by atoms with Crippen LogP contribution in [0.15, 0.2) is 30.5 Å². The highest BCUT2D eigenvalue weighted by molar-refractivity contribution is 5.89. The first kappa shape index (κ1) is 13.7.